The molecule has 1 fully saturated rings. The van der Waals surface area contributed by atoms with Crippen LogP contribution in [0.4, 0.5) is 11.4 Å². The molecule has 2 rings (SSSR count). The first-order chi connectivity index (χ1) is 8.20. The predicted octanol–water partition coefficient (Wildman–Crippen LogP) is 0.711. The molecule has 0 aliphatic carbocycles. The number of anilines is 2. The molecular formula is C12H15N3O2. The van der Waals surface area contributed by atoms with Gasteiger partial charge in [0.2, 0.25) is 11.8 Å². The Labute approximate surface area is 99.6 Å². The number of hydrogen-bond acceptors (Lipinski definition) is 3. The van der Waals surface area contributed by atoms with Crippen LogP contribution in [0.1, 0.15) is 12.8 Å². The zero-order chi connectivity index (χ0) is 12.3. The fourth-order valence-electron chi connectivity index (χ4n) is 1.88. The van der Waals surface area contributed by atoms with E-state index in [2.05, 4.69) is 5.32 Å². The molecule has 1 aliphatic heterocycles. The van der Waals surface area contributed by atoms with Crippen molar-refractivity contribution in [3.8, 4) is 0 Å². The van der Waals surface area contributed by atoms with E-state index in [0.717, 1.165) is 18.7 Å². The van der Waals surface area contributed by atoms with Crippen molar-refractivity contribution in [1.29, 1.82) is 0 Å². The Morgan fingerprint density at radius 3 is 2.94 bits per heavy atom. The minimum absolute atomic E-state index is 0.0487. The second-order valence-electron chi connectivity index (χ2n) is 3.95. The van der Waals surface area contributed by atoms with Crippen molar-refractivity contribution in [3.05, 3.63) is 24.3 Å². The lowest BCUT2D eigenvalue weighted by Crippen LogP contribution is -2.24. The van der Waals surface area contributed by atoms with Crippen molar-refractivity contribution >= 4 is 23.2 Å². The Kier molecular flexibility index (Phi) is 3.39. The summed E-state index contributed by atoms with van der Waals surface area (Å²) in [5.41, 5.74) is 6.71. The molecule has 90 valence electrons. The summed E-state index contributed by atoms with van der Waals surface area (Å²) in [7, 11) is 0. The average Bonchev–Trinajstić information content (AvgIpc) is 2.75. The number of nitrogens with one attached hydrogen (secondary N) is 1. The molecule has 0 unspecified atom stereocenters. The van der Waals surface area contributed by atoms with Gasteiger partial charge in [0.15, 0.2) is 0 Å². The van der Waals surface area contributed by atoms with Crippen LogP contribution in [-0.2, 0) is 9.59 Å². The maximum absolute atomic E-state index is 11.6. The van der Waals surface area contributed by atoms with Crippen LogP contribution in [-0.4, -0.2) is 24.9 Å². The molecule has 3 N–H and O–H groups in total. The van der Waals surface area contributed by atoms with Gasteiger partial charge in [0.25, 0.3) is 0 Å². The molecule has 1 saturated heterocycles. The van der Waals surface area contributed by atoms with Crippen LogP contribution in [0.15, 0.2) is 24.3 Å². The summed E-state index contributed by atoms with van der Waals surface area (Å²) in [6.07, 6.45) is 1.48. The smallest absolute Gasteiger partial charge is 0.238 e. The van der Waals surface area contributed by atoms with Crippen molar-refractivity contribution in [2.24, 2.45) is 5.73 Å². The molecule has 1 aromatic carbocycles. The van der Waals surface area contributed by atoms with Gasteiger partial charge in [0.1, 0.15) is 0 Å². The van der Waals surface area contributed by atoms with E-state index in [-0.39, 0.29) is 18.4 Å². The highest BCUT2D eigenvalue weighted by atomic mass is 16.2. The highest BCUT2D eigenvalue weighted by Crippen LogP contribution is 2.24. The van der Waals surface area contributed by atoms with Crippen molar-refractivity contribution in [2.75, 3.05) is 23.3 Å². The van der Waals surface area contributed by atoms with E-state index < -0.39 is 0 Å². The number of amides is 2. The van der Waals surface area contributed by atoms with E-state index >= 15 is 0 Å². The zero-order valence-corrected chi connectivity index (χ0v) is 9.48. The topological polar surface area (TPSA) is 75.4 Å². The first-order valence-corrected chi connectivity index (χ1v) is 5.61. The molecule has 5 nitrogen and oxygen atoms in total. The van der Waals surface area contributed by atoms with E-state index in [9.17, 15) is 9.59 Å². The quantitative estimate of drug-likeness (QED) is 0.807. The van der Waals surface area contributed by atoms with E-state index in [0.29, 0.717) is 12.1 Å². The first-order valence-electron chi connectivity index (χ1n) is 5.61. The van der Waals surface area contributed by atoms with Gasteiger partial charge in [-0.1, -0.05) is 6.07 Å². The molecule has 17 heavy (non-hydrogen) atoms. The van der Waals surface area contributed by atoms with Crippen LogP contribution >= 0.6 is 0 Å². The third-order valence-electron chi connectivity index (χ3n) is 2.70. The molecule has 0 saturated carbocycles. The number of carbonyl (C=O) groups is 2. The standard InChI is InChI=1S/C12H15N3O2/c13-8-11(16)14-9-3-1-4-10(7-9)15-6-2-5-12(15)17/h1,3-4,7H,2,5-6,8,13H2,(H,14,16). The highest BCUT2D eigenvalue weighted by molar-refractivity contribution is 5.97. The van der Waals surface area contributed by atoms with Crippen LogP contribution in [0.3, 0.4) is 0 Å². The Morgan fingerprint density at radius 1 is 1.47 bits per heavy atom. The lowest BCUT2D eigenvalue weighted by Gasteiger charge is -2.16. The maximum Gasteiger partial charge on any atom is 0.238 e. The van der Waals surface area contributed by atoms with Gasteiger partial charge in [-0.05, 0) is 24.6 Å². The third kappa shape index (κ3) is 2.62. The van der Waals surface area contributed by atoms with Gasteiger partial charge < -0.3 is 16.0 Å². The van der Waals surface area contributed by atoms with Crippen molar-refractivity contribution < 1.29 is 9.59 Å². The summed E-state index contributed by atoms with van der Waals surface area (Å²) >= 11 is 0. The Morgan fingerprint density at radius 2 is 2.29 bits per heavy atom. The largest absolute Gasteiger partial charge is 0.325 e. The third-order valence-corrected chi connectivity index (χ3v) is 2.70. The second-order valence-corrected chi connectivity index (χ2v) is 3.95. The van der Waals surface area contributed by atoms with E-state index in [1.807, 2.05) is 12.1 Å². The van der Waals surface area contributed by atoms with Gasteiger partial charge in [0, 0.05) is 24.3 Å². The highest BCUT2D eigenvalue weighted by Gasteiger charge is 2.21. The fourth-order valence-corrected chi connectivity index (χ4v) is 1.88. The summed E-state index contributed by atoms with van der Waals surface area (Å²) < 4.78 is 0. The maximum atomic E-state index is 11.6. The molecule has 0 bridgehead atoms. The summed E-state index contributed by atoms with van der Waals surface area (Å²) in [4.78, 5) is 24.5. The van der Waals surface area contributed by atoms with Gasteiger partial charge >= 0.3 is 0 Å². The lowest BCUT2D eigenvalue weighted by atomic mass is 10.2. The zero-order valence-electron chi connectivity index (χ0n) is 9.48. The predicted molar refractivity (Wildman–Crippen MR) is 65.7 cm³/mol. The van der Waals surface area contributed by atoms with Gasteiger partial charge in [-0.3, -0.25) is 9.59 Å². The van der Waals surface area contributed by atoms with Crippen LogP contribution in [0, 0.1) is 0 Å². The van der Waals surface area contributed by atoms with Gasteiger partial charge in [-0.15, -0.1) is 0 Å². The number of rotatable bonds is 3. The SMILES string of the molecule is NCC(=O)Nc1cccc(N2CCCC2=O)c1. The number of nitrogens with two attached hydrogens (primary N) is 1. The molecule has 0 atom stereocenters. The lowest BCUT2D eigenvalue weighted by molar-refractivity contribution is -0.117. The molecule has 1 heterocycles. The first kappa shape index (κ1) is 11.6. The van der Waals surface area contributed by atoms with Crippen LogP contribution in [0.25, 0.3) is 0 Å². The van der Waals surface area contributed by atoms with Gasteiger partial charge in [-0.2, -0.15) is 0 Å². The fraction of sp³-hybridized carbons (Fsp3) is 0.333. The summed E-state index contributed by atoms with van der Waals surface area (Å²) in [6.45, 7) is 0.694. The summed E-state index contributed by atoms with van der Waals surface area (Å²) in [6, 6.07) is 7.24. The molecule has 0 spiro atoms. The molecule has 1 aromatic rings. The van der Waals surface area contributed by atoms with Crippen LogP contribution in [0.5, 0.6) is 0 Å². The van der Waals surface area contributed by atoms with E-state index in [1.54, 1.807) is 17.0 Å². The van der Waals surface area contributed by atoms with Gasteiger partial charge in [-0.25, -0.2) is 0 Å². The van der Waals surface area contributed by atoms with Crippen LogP contribution < -0.4 is 16.0 Å². The minimum atomic E-state index is -0.241. The van der Waals surface area contributed by atoms with E-state index in [4.69, 9.17) is 5.73 Å². The van der Waals surface area contributed by atoms with Crippen molar-refractivity contribution in [3.63, 3.8) is 0 Å². The molecule has 2 amide bonds. The Bertz CT molecular complexity index is 445. The summed E-state index contributed by atoms with van der Waals surface area (Å²) in [5, 5.41) is 2.67. The number of benzene rings is 1. The van der Waals surface area contributed by atoms with Crippen molar-refractivity contribution in [1.82, 2.24) is 0 Å². The molecule has 1 aliphatic rings. The second kappa shape index (κ2) is 4.97. The number of nitrogens with zero attached hydrogens (tertiary/aromatic N) is 1. The normalized spacial score (nSPS) is 15.1. The van der Waals surface area contributed by atoms with E-state index in [1.165, 1.54) is 0 Å². The Balaban J connectivity index is 2.16. The minimum Gasteiger partial charge on any atom is -0.325 e. The molecule has 0 radical (unpaired) electrons. The van der Waals surface area contributed by atoms with Gasteiger partial charge in [0.05, 0.1) is 6.54 Å². The van der Waals surface area contributed by atoms with Crippen molar-refractivity contribution in [2.45, 2.75) is 12.8 Å². The average molecular weight is 233 g/mol. The molecule has 0 aromatic heterocycles. The molecular weight excluding hydrogens is 218 g/mol. The Hall–Kier alpha value is -1.88. The number of hydrogen-bond donors (Lipinski definition) is 2. The van der Waals surface area contributed by atoms with Crippen LogP contribution in [0.2, 0.25) is 0 Å². The monoisotopic (exact) mass is 233 g/mol. The molecule has 5 heteroatoms. The summed E-state index contributed by atoms with van der Waals surface area (Å²) in [5.74, 6) is -0.109. The number of carbonyl (C=O) groups excluding carboxylic acids is 2.